The first kappa shape index (κ1) is 51.6. The molecule has 7 fully saturated rings. The minimum atomic E-state index is -2.10. The van der Waals surface area contributed by atoms with Gasteiger partial charge < -0.3 is 84.6 Å². The van der Waals surface area contributed by atoms with Crippen molar-refractivity contribution in [2.24, 2.45) is 50.2 Å². The molecular formula is C48H76O19. The van der Waals surface area contributed by atoms with Gasteiger partial charge in [0.2, 0.25) is 0 Å². The van der Waals surface area contributed by atoms with Crippen LogP contribution >= 0.6 is 0 Å². The Morgan fingerprint density at radius 2 is 1.25 bits per heavy atom. The number of carboxylic acid groups (broad SMARTS) is 1. The third kappa shape index (κ3) is 8.01. The molecule has 8 aliphatic rings. The first-order valence-electron chi connectivity index (χ1n) is 24.3. The summed E-state index contributed by atoms with van der Waals surface area (Å²) in [6, 6.07) is 0. The number of rotatable bonds is 10. The van der Waals surface area contributed by atoms with Gasteiger partial charge in [0.15, 0.2) is 25.0 Å². The number of carbonyl (C=O) groups is 2. The molecular weight excluding hydrogens is 881 g/mol. The molecule has 24 atom stereocenters. The fourth-order valence-electron chi connectivity index (χ4n) is 14.9. The molecule has 3 heterocycles. The summed E-state index contributed by atoms with van der Waals surface area (Å²) < 4.78 is 35.9. The van der Waals surface area contributed by atoms with Crippen LogP contribution in [0.15, 0.2) is 11.6 Å². The van der Waals surface area contributed by atoms with Gasteiger partial charge in [0.25, 0.3) is 0 Å². The molecule has 19 heteroatoms. The van der Waals surface area contributed by atoms with Gasteiger partial charge in [-0.1, -0.05) is 60.1 Å². The molecule has 0 aromatic carbocycles. The Kier molecular flexibility index (Phi) is 13.9. The van der Waals surface area contributed by atoms with Crippen molar-refractivity contribution in [3.8, 4) is 0 Å². The van der Waals surface area contributed by atoms with Crippen molar-refractivity contribution in [3.63, 3.8) is 0 Å². The van der Waals surface area contributed by atoms with Crippen molar-refractivity contribution in [2.75, 3.05) is 19.8 Å². The average Bonchev–Trinajstić information content (AvgIpc) is 3.27. The van der Waals surface area contributed by atoms with Crippen LogP contribution in [0.5, 0.6) is 0 Å². The van der Waals surface area contributed by atoms with Crippen LogP contribution in [0.3, 0.4) is 0 Å². The standard InChI is InChI=1S/C48H76O19/c1-43(2)16-22-21-8-9-26-45(4)12-11-28(46(5,20-51)25(45)10-13-48(26,7)47(21,6)15-14-44(22,3)27(52)17-43)64-42-38(34(58)33(57)36(65-42)39(60)61)67-41-37(32(56)30(54)24(19-50)63-41)66-40-35(59)31(55)29(53)23(18-49)62-40/h8,22-26,28-38,40-42,49-51,53-59H,9-20H2,1-7H3,(H,60,61)/t22?,23-,24-,25?,26?,28?,29-,30+,31+,32+,33+,34+,35-,36+,37-,38-,40+,41+,42-,44-,45+,46-,47-,48-/m1/s1. The lowest BCUT2D eigenvalue weighted by Gasteiger charge is -2.71. The number of ether oxygens (including phenoxy) is 6. The van der Waals surface area contributed by atoms with E-state index in [1.807, 2.05) is 6.92 Å². The number of aliphatic carboxylic acids is 1. The van der Waals surface area contributed by atoms with Crippen molar-refractivity contribution >= 4 is 11.8 Å². The number of aliphatic hydroxyl groups is 10. The van der Waals surface area contributed by atoms with E-state index in [0.29, 0.717) is 25.0 Å². The second-order valence-electron chi connectivity index (χ2n) is 23.4. The van der Waals surface area contributed by atoms with Gasteiger partial charge in [0, 0.05) is 17.3 Å². The third-order valence-corrected chi connectivity index (χ3v) is 19.3. The van der Waals surface area contributed by atoms with Gasteiger partial charge in [-0.05, 0) is 90.8 Å². The van der Waals surface area contributed by atoms with Crippen molar-refractivity contribution in [2.45, 2.75) is 204 Å². The van der Waals surface area contributed by atoms with Gasteiger partial charge in [0.05, 0.1) is 25.9 Å². The molecule has 3 aliphatic heterocycles. The average molecular weight is 957 g/mol. The molecule has 3 saturated heterocycles. The van der Waals surface area contributed by atoms with Crippen molar-refractivity contribution in [3.05, 3.63) is 11.6 Å². The summed E-state index contributed by atoms with van der Waals surface area (Å²) in [5.41, 5.74) is -0.597. The van der Waals surface area contributed by atoms with Crippen molar-refractivity contribution in [1.82, 2.24) is 0 Å². The number of carbonyl (C=O) groups excluding carboxylic acids is 1. The maximum Gasteiger partial charge on any atom is 0.335 e. The predicted octanol–water partition coefficient (Wildman–Crippen LogP) is -0.115. The minimum Gasteiger partial charge on any atom is -0.479 e. The lowest BCUT2D eigenvalue weighted by Crippen LogP contribution is -2.68. The van der Waals surface area contributed by atoms with Gasteiger partial charge in [-0.15, -0.1) is 0 Å². The number of carboxylic acids is 1. The maximum absolute atomic E-state index is 13.8. The number of hydrogen-bond donors (Lipinski definition) is 11. The first-order valence-corrected chi connectivity index (χ1v) is 24.3. The Hall–Kier alpha value is -1.76. The second kappa shape index (κ2) is 18.1. The van der Waals surface area contributed by atoms with E-state index < -0.39 is 123 Å². The summed E-state index contributed by atoms with van der Waals surface area (Å²) in [5.74, 6) is -0.996. The molecule has 0 aromatic heterocycles. The van der Waals surface area contributed by atoms with Crippen LogP contribution in [-0.4, -0.2) is 186 Å². The Morgan fingerprint density at radius 1 is 0.672 bits per heavy atom. The first-order chi connectivity index (χ1) is 31.3. The topological polar surface area (TPSA) is 312 Å². The van der Waals surface area contributed by atoms with Crippen molar-refractivity contribution in [1.29, 1.82) is 0 Å². The Morgan fingerprint density at radius 3 is 1.87 bits per heavy atom. The van der Waals surface area contributed by atoms with E-state index in [9.17, 15) is 65.8 Å². The van der Waals surface area contributed by atoms with E-state index in [-0.39, 0.29) is 51.4 Å². The molecule has 0 radical (unpaired) electrons. The minimum absolute atomic E-state index is 0.0909. The molecule has 0 amide bonds. The quantitative estimate of drug-likeness (QED) is 0.101. The Labute approximate surface area is 391 Å². The van der Waals surface area contributed by atoms with Crippen LogP contribution in [0.25, 0.3) is 0 Å². The highest BCUT2D eigenvalue weighted by Gasteiger charge is 2.70. The number of hydrogen-bond acceptors (Lipinski definition) is 18. The monoisotopic (exact) mass is 956 g/mol. The molecule has 382 valence electrons. The van der Waals surface area contributed by atoms with Crippen molar-refractivity contribution < 1.29 is 94.2 Å². The summed E-state index contributed by atoms with van der Waals surface area (Å²) in [6.07, 6.45) is -19.5. The van der Waals surface area contributed by atoms with E-state index in [1.54, 1.807) is 0 Å². The predicted molar refractivity (Wildman–Crippen MR) is 231 cm³/mol. The smallest absolute Gasteiger partial charge is 0.335 e. The second-order valence-corrected chi connectivity index (χ2v) is 23.4. The fourth-order valence-corrected chi connectivity index (χ4v) is 14.9. The molecule has 8 rings (SSSR count). The van der Waals surface area contributed by atoms with E-state index in [2.05, 4.69) is 47.6 Å². The highest BCUT2D eigenvalue weighted by atomic mass is 16.8. The molecule has 67 heavy (non-hydrogen) atoms. The lowest BCUT2D eigenvalue weighted by atomic mass is 9.33. The number of Topliss-reactive ketones (excluding diaryl/α,β-unsaturated/α-hetero) is 1. The normalized spacial score (nSPS) is 54.2. The maximum atomic E-state index is 13.8. The molecule has 0 spiro atoms. The molecule has 5 aliphatic carbocycles. The van der Waals surface area contributed by atoms with Crippen LogP contribution < -0.4 is 0 Å². The SMILES string of the molecule is CC1(C)CC(=O)[C@]2(C)CC[C@]3(C)C(=CCC4[C@@]5(C)CCC(O[C@@H]6O[C@H](C(=O)O)[C@@H](O)[C@H](O)[C@H]6O[C@@H]6O[C@H](CO)[C@H](O)[C@H](O)[C@H]6O[C@@H]6O[C@H](CO)[C@@H](O)[C@H](O)[C@H]6O)[C@](C)(CO)C5CC[C@]43C)C2C1. The molecule has 11 N–H and O–H groups in total. The highest BCUT2D eigenvalue weighted by Crippen LogP contribution is 2.75. The number of allylic oxidation sites excluding steroid dienone is 2. The molecule has 4 unspecified atom stereocenters. The van der Waals surface area contributed by atoms with E-state index in [4.69, 9.17) is 28.4 Å². The summed E-state index contributed by atoms with van der Waals surface area (Å²) in [4.78, 5) is 26.3. The summed E-state index contributed by atoms with van der Waals surface area (Å²) >= 11 is 0. The summed E-state index contributed by atoms with van der Waals surface area (Å²) in [6.45, 7) is 13.7. The zero-order valence-corrected chi connectivity index (χ0v) is 39.7. The molecule has 0 aromatic rings. The van der Waals surface area contributed by atoms with E-state index in [0.717, 1.165) is 38.5 Å². The van der Waals surface area contributed by atoms with Gasteiger partial charge in [0.1, 0.15) is 72.9 Å². The Balaban J connectivity index is 1.08. The largest absolute Gasteiger partial charge is 0.479 e. The highest BCUT2D eigenvalue weighted by molar-refractivity contribution is 5.87. The summed E-state index contributed by atoms with van der Waals surface area (Å²) in [5, 5.41) is 118. The van der Waals surface area contributed by atoms with Gasteiger partial charge in [-0.2, -0.15) is 0 Å². The zero-order chi connectivity index (χ0) is 49.1. The van der Waals surface area contributed by atoms with Crippen LogP contribution in [-0.2, 0) is 38.0 Å². The number of fused-ring (bicyclic) bond motifs is 7. The summed E-state index contributed by atoms with van der Waals surface area (Å²) in [7, 11) is 0. The number of aliphatic hydroxyl groups excluding tert-OH is 10. The molecule has 0 bridgehead atoms. The van der Waals surface area contributed by atoms with Crippen LogP contribution in [0.2, 0.25) is 0 Å². The van der Waals surface area contributed by atoms with Gasteiger partial charge >= 0.3 is 5.97 Å². The van der Waals surface area contributed by atoms with E-state index >= 15 is 0 Å². The zero-order valence-electron chi connectivity index (χ0n) is 39.7. The van der Waals surface area contributed by atoms with Gasteiger partial charge in [-0.3, -0.25) is 4.79 Å². The number of ketones is 1. The molecule has 4 saturated carbocycles. The lowest BCUT2D eigenvalue weighted by molar-refractivity contribution is -0.397. The van der Waals surface area contributed by atoms with E-state index in [1.165, 1.54) is 5.57 Å². The van der Waals surface area contributed by atoms with Gasteiger partial charge in [-0.25, -0.2) is 4.79 Å². The molecule has 19 nitrogen and oxygen atoms in total. The van der Waals surface area contributed by atoms with Crippen LogP contribution in [0.4, 0.5) is 0 Å². The van der Waals surface area contributed by atoms with Crippen LogP contribution in [0.1, 0.15) is 106 Å². The third-order valence-electron chi connectivity index (χ3n) is 19.3. The fraction of sp³-hybridized carbons (Fsp3) is 0.917. The van der Waals surface area contributed by atoms with Crippen LogP contribution in [0, 0.1) is 50.2 Å². The Bertz CT molecular complexity index is 1880.